The van der Waals surface area contributed by atoms with Crippen LogP contribution in [-0.2, 0) is 0 Å². The molecule has 1 aliphatic carbocycles. The number of hydrogen-bond acceptors (Lipinski definition) is 4. The molecule has 0 atom stereocenters. The summed E-state index contributed by atoms with van der Waals surface area (Å²) in [5.41, 5.74) is 1.21. The molecule has 0 aliphatic heterocycles. The maximum absolute atomic E-state index is 4.75. The van der Waals surface area contributed by atoms with Crippen molar-refractivity contribution in [1.82, 2.24) is 9.97 Å². The van der Waals surface area contributed by atoms with E-state index in [1.165, 1.54) is 29.9 Å². The molecule has 0 amide bonds. The first-order chi connectivity index (χ1) is 8.76. The Bertz CT molecular complexity index is 373. The van der Waals surface area contributed by atoms with Crippen LogP contribution in [0.25, 0.3) is 0 Å². The first-order valence-corrected chi connectivity index (χ1v) is 8.00. The molecule has 4 heteroatoms. The number of hydrogen-bond donors (Lipinski definition) is 1. The average molecular weight is 265 g/mol. The molecule has 0 unspecified atom stereocenters. The van der Waals surface area contributed by atoms with Gasteiger partial charge < -0.3 is 5.32 Å². The van der Waals surface area contributed by atoms with Gasteiger partial charge in [-0.05, 0) is 38.4 Å². The Labute approximate surface area is 114 Å². The maximum Gasteiger partial charge on any atom is 0.135 e. The SMILES string of the molecule is CCCNc1nc(C2CC2)nc(SCCC)c1C. The third kappa shape index (κ3) is 3.37. The third-order valence-electron chi connectivity index (χ3n) is 3.05. The van der Waals surface area contributed by atoms with Crippen LogP contribution < -0.4 is 5.32 Å². The molecule has 1 fully saturated rings. The highest BCUT2D eigenvalue weighted by atomic mass is 32.2. The second-order valence-electron chi connectivity index (χ2n) is 4.91. The Morgan fingerprint density at radius 3 is 2.61 bits per heavy atom. The monoisotopic (exact) mass is 265 g/mol. The summed E-state index contributed by atoms with van der Waals surface area (Å²) in [4.78, 5) is 9.46. The summed E-state index contributed by atoms with van der Waals surface area (Å²) in [6, 6.07) is 0. The summed E-state index contributed by atoms with van der Waals surface area (Å²) in [7, 11) is 0. The third-order valence-corrected chi connectivity index (χ3v) is 4.33. The summed E-state index contributed by atoms with van der Waals surface area (Å²) in [5.74, 6) is 3.86. The van der Waals surface area contributed by atoms with Crippen LogP contribution in [0.2, 0.25) is 0 Å². The van der Waals surface area contributed by atoms with Gasteiger partial charge in [0.1, 0.15) is 16.7 Å². The molecule has 0 saturated heterocycles. The number of rotatable bonds is 7. The lowest BCUT2D eigenvalue weighted by atomic mass is 10.3. The molecule has 1 aromatic rings. The van der Waals surface area contributed by atoms with Crippen molar-refractivity contribution in [3.63, 3.8) is 0 Å². The minimum Gasteiger partial charge on any atom is -0.370 e. The Hall–Kier alpha value is -0.770. The van der Waals surface area contributed by atoms with Gasteiger partial charge >= 0.3 is 0 Å². The molecule has 1 heterocycles. The fraction of sp³-hybridized carbons (Fsp3) is 0.714. The molecular formula is C14H23N3S. The van der Waals surface area contributed by atoms with Gasteiger partial charge in [0.05, 0.1) is 0 Å². The first kappa shape index (κ1) is 13.7. The zero-order valence-corrected chi connectivity index (χ0v) is 12.4. The summed E-state index contributed by atoms with van der Waals surface area (Å²) >= 11 is 1.86. The normalized spacial score (nSPS) is 14.8. The van der Waals surface area contributed by atoms with Gasteiger partial charge in [-0.3, -0.25) is 0 Å². The fourth-order valence-corrected chi connectivity index (χ4v) is 2.66. The zero-order valence-electron chi connectivity index (χ0n) is 11.6. The topological polar surface area (TPSA) is 37.8 Å². The van der Waals surface area contributed by atoms with E-state index in [0.29, 0.717) is 5.92 Å². The van der Waals surface area contributed by atoms with Crippen molar-refractivity contribution in [3.8, 4) is 0 Å². The van der Waals surface area contributed by atoms with E-state index in [1.807, 2.05) is 11.8 Å². The number of nitrogens with zero attached hydrogens (tertiary/aromatic N) is 2. The van der Waals surface area contributed by atoms with Crippen molar-refractivity contribution in [2.24, 2.45) is 0 Å². The van der Waals surface area contributed by atoms with Gasteiger partial charge in [-0.25, -0.2) is 9.97 Å². The molecule has 0 spiro atoms. The van der Waals surface area contributed by atoms with Crippen LogP contribution >= 0.6 is 11.8 Å². The second kappa shape index (κ2) is 6.41. The van der Waals surface area contributed by atoms with E-state index >= 15 is 0 Å². The van der Waals surface area contributed by atoms with Crippen LogP contribution in [0.5, 0.6) is 0 Å². The van der Waals surface area contributed by atoms with Gasteiger partial charge in [-0.15, -0.1) is 11.8 Å². The van der Waals surface area contributed by atoms with Gasteiger partial charge in [0.15, 0.2) is 0 Å². The van der Waals surface area contributed by atoms with Gasteiger partial charge in [-0.1, -0.05) is 13.8 Å². The second-order valence-corrected chi connectivity index (χ2v) is 5.99. The molecule has 1 aromatic heterocycles. The van der Waals surface area contributed by atoms with Crippen molar-refractivity contribution >= 4 is 17.6 Å². The minimum atomic E-state index is 0.619. The van der Waals surface area contributed by atoms with Gasteiger partial charge in [0.2, 0.25) is 0 Å². The number of nitrogens with one attached hydrogen (secondary N) is 1. The van der Waals surface area contributed by atoms with Crippen LogP contribution in [0.4, 0.5) is 5.82 Å². The molecule has 0 bridgehead atoms. The van der Waals surface area contributed by atoms with E-state index in [0.717, 1.165) is 30.4 Å². The highest BCUT2D eigenvalue weighted by molar-refractivity contribution is 7.99. The van der Waals surface area contributed by atoms with Crippen molar-refractivity contribution < 1.29 is 0 Å². The summed E-state index contributed by atoms with van der Waals surface area (Å²) in [5, 5.41) is 4.61. The van der Waals surface area contributed by atoms with Crippen molar-refractivity contribution in [1.29, 1.82) is 0 Å². The summed E-state index contributed by atoms with van der Waals surface area (Å²) in [6.07, 6.45) is 4.83. The predicted octanol–water partition coefficient (Wildman–Crippen LogP) is 3.99. The quantitative estimate of drug-likeness (QED) is 0.597. The Morgan fingerprint density at radius 1 is 1.22 bits per heavy atom. The first-order valence-electron chi connectivity index (χ1n) is 7.01. The lowest BCUT2D eigenvalue weighted by molar-refractivity contribution is 0.852. The van der Waals surface area contributed by atoms with Gasteiger partial charge in [-0.2, -0.15) is 0 Å². The predicted molar refractivity (Wildman–Crippen MR) is 78.5 cm³/mol. The molecule has 100 valence electrons. The minimum absolute atomic E-state index is 0.619. The largest absolute Gasteiger partial charge is 0.370 e. The highest BCUT2D eigenvalue weighted by Gasteiger charge is 2.28. The molecule has 18 heavy (non-hydrogen) atoms. The molecule has 3 nitrogen and oxygen atoms in total. The molecule has 1 aliphatic rings. The van der Waals surface area contributed by atoms with Crippen LogP contribution in [-0.4, -0.2) is 22.3 Å². The van der Waals surface area contributed by atoms with E-state index in [2.05, 4.69) is 26.1 Å². The molecule has 2 rings (SSSR count). The van der Waals surface area contributed by atoms with E-state index in [9.17, 15) is 0 Å². The van der Waals surface area contributed by atoms with E-state index in [1.54, 1.807) is 0 Å². The van der Waals surface area contributed by atoms with Crippen molar-refractivity contribution in [2.75, 3.05) is 17.6 Å². The van der Waals surface area contributed by atoms with Crippen LogP contribution in [0.15, 0.2) is 5.03 Å². The number of aromatic nitrogens is 2. The van der Waals surface area contributed by atoms with Gasteiger partial charge in [0, 0.05) is 18.0 Å². The van der Waals surface area contributed by atoms with Crippen LogP contribution in [0, 0.1) is 6.92 Å². The van der Waals surface area contributed by atoms with Gasteiger partial charge in [0.25, 0.3) is 0 Å². The van der Waals surface area contributed by atoms with E-state index < -0.39 is 0 Å². The van der Waals surface area contributed by atoms with E-state index in [-0.39, 0.29) is 0 Å². The molecule has 1 saturated carbocycles. The van der Waals surface area contributed by atoms with E-state index in [4.69, 9.17) is 9.97 Å². The standard InChI is InChI=1S/C14H23N3S/c1-4-8-15-12-10(3)14(18-9-5-2)17-13(16-12)11-6-7-11/h11H,4-9H2,1-3H3,(H,15,16,17). The molecule has 1 N–H and O–H groups in total. The Morgan fingerprint density at radius 2 is 2.00 bits per heavy atom. The summed E-state index contributed by atoms with van der Waals surface area (Å²) < 4.78 is 0. The number of thioether (sulfide) groups is 1. The zero-order chi connectivity index (χ0) is 13.0. The average Bonchev–Trinajstić information content (AvgIpc) is 3.20. The molecule has 0 aromatic carbocycles. The van der Waals surface area contributed by atoms with Crippen molar-refractivity contribution in [2.45, 2.75) is 57.4 Å². The lowest BCUT2D eigenvalue weighted by Gasteiger charge is -2.13. The molecular weight excluding hydrogens is 242 g/mol. The highest BCUT2D eigenvalue weighted by Crippen LogP contribution is 2.40. The Kier molecular flexibility index (Phi) is 4.87. The van der Waals surface area contributed by atoms with Crippen LogP contribution in [0.3, 0.4) is 0 Å². The van der Waals surface area contributed by atoms with Crippen LogP contribution in [0.1, 0.15) is 56.8 Å². The molecule has 0 radical (unpaired) electrons. The fourth-order valence-electron chi connectivity index (χ4n) is 1.79. The Balaban J connectivity index is 2.22. The van der Waals surface area contributed by atoms with Crippen molar-refractivity contribution in [3.05, 3.63) is 11.4 Å². The maximum atomic E-state index is 4.75. The summed E-state index contributed by atoms with van der Waals surface area (Å²) in [6.45, 7) is 7.51. The lowest BCUT2D eigenvalue weighted by Crippen LogP contribution is -2.08. The smallest absolute Gasteiger partial charge is 0.135 e. The number of anilines is 1.